The van der Waals surface area contributed by atoms with E-state index in [-0.39, 0.29) is 0 Å². The number of hydrogen-bond acceptors (Lipinski definition) is 7. The molecule has 0 bridgehead atoms. The molecule has 1 heterocycles. The Labute approximate surface area is 127 Å². The second-order valence-electron chi connectivity index (χ2n) is 4.98. The molecule has 1 aliphatic rings. The summed E-state index contributed by atoms with van der Waals surface area (Å²) in [5, 5.41) is 0. The minimum absolute atomic E-state index is 0.617. The van der Waals surface area contributed by atoms with Crippen LogP contribution in [0.4, 0.5) is 0 Å². The van der Waals surface area contributed by atoms with Crippen molar-refractivity contribution < 1.29 is 22.1 Å². The summed E-state index contributed by atoms with van der Waals surface area (Å²) in [6.45, 7) is 5.88. The quantitative estimate of drug-likeness (QED) is 0.470. The molecule has 7 nitrogen and oxygen atoms in total. The van der Waals surface area contributed by atoms with Crippen molar-refractivity contribution in [1.82, 2.24) is 9.80 Å². The van der Waals surface area contributed by atoms with Gasteiger partial charge in [-0.3, -0.25) is 0 Å². The highest BCUT2D eigenvalue weighted by Gasteiger charge is 2.33. The molecule has 0 aromatic carbocycles. The molecule has 8 heteroatoms. The Morgan fingerprint density at radius 3 is 2.52 bits per heavy atom. The average Bonchev–Trinajstić information content (AvgIpc) is 2.76. The Balaban J connectivity index is 2.68. The zero-order valence-electron chi connectivity index (χ0n) is 13.4. The van der Waals surface area contributed by atoms with Crippen molar-refractivity contribution in [1.29, 1.82) is 0 Å². The molecule has 0 aliphatic carbocycles. The number of unbranched alkanes of at least 4 members (excludes halogenated alkanes) is 1. The van der Waals surface area contributed by atoms with Gasteiger partial charge in [0, 0.05) is 33.1 Å². The van der Waals surface area contributed by atoms with E-state index in [1.807, 2.05) is 11.1 Å². The minimum Gasteiger partial charge on any atom is -0.356 e. The van der Waals surface area contributed by atoms with Crippen molar-refractivity contribution in [3.05, 3.63) is 12.4 Å². The molecular formula is C13H26N2O5S. The largest absolute Gasteiger partial charge is 0.356 e. The highest BCUT2D eigenvalue weighted by molar-refractivity contribution is 7.87. The van der Waals surface area contributed by atoms with E-state index in [9.17, 15) is 8.42 Å². The monoisotopic (exact) mass is 322 g/mol. The van der Waals surface area contributed by atoms with Gasteiger partial charge in [0.15, 0.2) is 11.7 Å². The summed E-state index contributed by atoms with van der Waals surface area (Å²) in [6, 6.07) is 0. The van der Waals surface area contributed by atoms with Gasteiger partial charge >= 0.3 is 0 Å². The molecule has 0 saturated heterocycles. The lowest BCUT2D eigenvalue weighted by atomic mass is 10.3. The Morgan fingerprint density at radius 1 is 1.29 bits per heavy atom. The van der Waals surface area contributed by atoms with Crippen LogP contribution in [0.1, 0.15) is 33.6 Å². The van der Waals surface area contributed by atoms with Crippen LogP contribution in [0.2, 0.25) is 0 Å². The predicted molar refractivity (Wildman–Crippen MR) is 79.3 cm³/mol. The van der Waals surface area contributed by atoms with Crippen molar-refractivity contribution >= 4 is 10.1 Å². The van der Waals surface area contributed by atoms with Crippen molar-refractivity contribution in [2.75, 3.05) is 20.7 Å². The topological polar surface area (TPSA) is 68.3 Å². The summed E-state index contributed by atoms with van der Waals surface area (Å²) >= 11 is 0. The molecule has 0 aromatic rings. The number of methoxy groups -OCH3 is 1. The van der Waals surface area contributed by atoms with E-state index in [4.69, 9.17) is 13.7 Å². The molecule has 3 atom stereocenters. The fourth-order valence-electron chi connectivity index (χ4n) is 1.81. The van der Waals surface area contributed by atoms with Gasteiger partial charge in [0.2, 0.25) is 6.35 Å². The summed E-state index contributed by atoms with van der Waals surface area (Å²) < 4.78 is 39.9. The Kier molecular flexibility index (Phi) is 6.92. The van der Waals surface area contributed by atoms with E-state index in [1.54, 1.807) is 25.1 Å². The first kappa shape index (κ1) is 18.2. The number of nitrogens with zero attached hydrogens (tertiary/aromatic N) is 2. The lowest BCUT2D eigenvalue weighted by molar-refractivity contribution is -0.123. The first-order valence-corrected chi connectivity index (χ1v) is 8.55. The van der Waals surface area contributed by atoms with E-state index >= 15 is 0 Å². The highest BCUT2D eigenvalue weighted by atomic mass is 32.2. The maximum absolute atomic E-state index is 12.2. The van der Waals surface area contributed by atoms with Crippen molar-refractivity contribution in [2.45, 2.75) is 51.7 Å². The van der Waals surface area contributed by atoms with Gasteiger partial charge in [-0.2, -0.15) is 8.42 Å². The van der Waals surface area contributed by atoms with Crippen molar-refractivity contribution in [3.8, 4) is 0 Å². The fraction of sp³-hybridized carbons (Fsp3) is 0.846. The molecule has 0 amide bonds. The van der Waals surface area contributed by atoms with Gasteiger partial charge in [0.25, 0.3) is 10.1 Å². The molecule has 0 spiro atoms. The molecule has 0 saturated carbocycles. The van der Waals surface area contributed by atoms with Crippen LogP contribution in [0.15, 0.2) is 12.4 Å². The highest BCUT2D eigenvalue weighted by Crippen LogP contribution is 2.20. The van der Waals surface area contributed by atoms with Gasteiger partial charge in [-0.1, -0.05) is 13.3 Å². The van der Waals surface area contributed by atoms with Crippen LogP contribution in [0.25, 0.3) is 0 Å². The standard InChI is InChI=1S/C13H26N2O5S/c1-6-7-8-15-10-9-14(4)13(15)20-21(16,17)12(3)19-11(2)18-5/h9-13H,6-8H2,1-5H3. The molecule has 0 N–H and O–H groups in total. The summed E-state index contributed by atoms with van der Waals surface area (Å²) in [5.41, 5.74) is -1.10. The Hall–Kier alpha value is -0.830. The third-order valence-electron chi connectivity index (χ3n) is 3.24. The fourth-order valence-corrected chi connectivity index (χ4v) is 2.75. The van der Waals surface area contributed by atoms with E-state index in [1.165, 1.54) is 14.0 Å². The normalized spacial score (nSPS) is 21.9. The number of rotatable bonds is 9. The van der Waals surface area contributed by atoms with E-state index < -0.39 is 28.2 Å². The lowest BCUT2D eigenvalue weighted by Gasteiger charge is -2.30. The number of hydrogen-bond donors (Lipinski definition) is 0. The van der Waals surface area contributed by atoms with Crippen molar-refractivity contribution in [3.63, 3.8) is 0 Å². The van der Waals surface area contributed by atoms with Crippen LogP contribution in [0.3, 0.4) is 0 Å². The third-order valence-corrected chi connectivity index (χ3v) is 4.60. The smallest absolute Gasteiger partial charge is 0.298 e. The molecule has 0 aromatic heterocycles. The molecule has 124 valence electrons. The SMILES string of the molecule is CCCCN1C=CN(C)C1OS(=O)(=O)C(C)OC(C)OC. The first-order chi connectivity index (χ1) is 9.81. The summed E-state index contributed by atoms with van der Waals surface area (Å²) in [4.78, 5) is 3.56. The van der Waals surface area contributed by atoms with Gasteiger partial charge in [-0.05, 0) is 20.3 Å². The number of ether oxygens (including phenoxy) is 2. The summed E-state index contributed by atoms with van der Waals surface area (Å²) in [7, 11) is -0.645. The van der Waals surface area contributed by atoms with E-state index in [2.05, 4.69) is 6.92 Å². The maximum atomic E-state index is 12.2. The van der Waals surface area contributed by atoms with Gasteiger partial charge in [0.05, 0.1) is 0 Å². The van der Waals surface area contributed by atoms with Crippen molar-refractivity contribution in [2.24, 2.45) is 0 Å². The molecule has 1 aliphatic heterocycles. The zero-order valence-corrected chi connectivity index (χ0v) is 14.2. The second kappa shape index (κ2) is 7.98. The van der Waals surface area contributed by atoms with Crippen LogP contribution in [0, 0.1) is 0 Å². The van der Waals surface area contributed by atoms with Crippen LogP contribution >= 0.6 is 0 Å². The molecule has 21 heavy (non-hydrogen) atoms. The third kappa shape index (κ3) is 5.14. The minimum atomic E-state index is -3.87. The van der Waals surface area contributed by atoms with Gasteiger partial charge in [-0.15, -0.1) is 0 Å². The summed E-state index contributed by atoms with van der Waals surface area (Å²) in [6.07, 6.45) is 4.33. The Bertz CT molecular complexity index is 440. The first-order valence-electron chi connectivity index (χ1n) is 7.08. The molecular weight excluding hydrogens is 296 g/mol. The lowest BCUT2D eigenvalue weighted by Crippen LogP contribution is -2.43. The van der Waals surface area contributed by atoms with Crippen LogP contribution in [-0.4, -0.2) is 57.0 Å². The Morgan fingerprint density at radius 2 is 1.95 bits per heavy atom. The predicted octanol–water partition coefficient (Wildman–Crippen LogP) is 1.49. The maximum Gasteiger partial charge on any atom is 0.298 e. The average molecular weight is 322 g/mol. The van der Waals surface area contributed by atoms with E-state index in [0.29, 0.717) is 0 Å². The zero-order chi connectivity index (χ0) is 16.0. The van der Waals surface area contributed by atoms with Gasteiger partial charge in [-0.25, -0.2) is 4.18 Å². The van der Waals surface area contributed by atoms with E-state index in [0.717, 1.165) is 19.4 Å². The molecule has 0 radical (unpaired) electrons. The van der Waals surface area contributed by atoms with Crippen LogP contribution in [0.5, 0.6) is 0 Å². The van der Waals surface area contributed by atoms with Gasteiger partial charge < -0.3 is 19.3 Å². The van der Waals surface area contributed by atoms with Gasteiger partial charge in [0.1, 0.15) is 0 Å². The molecule has 0 fully saturated rings. The van der Waals surface area contributed by atoms with Crippen LogP contribution < -0.4 is 0 Å². The molecule has 3 unspecified atom stereocenters. The summed E-state index contributed by atoms with van der Waals surface area (Å²) in [5.74, 6) is 0. The van der Waals surface area contributed by atoms with Crippen LogP contribution in [-0.2, 0) is 23.8 Å². The second-order valence-corrected chi connectivity index (χ2v) is 6.82. The molecule has 1 rings (SSSR count).